The zero-order chi connectivity index (χ0) is 14.6. The fourth-order valence-corrected chi connectivity index (χ4v) is 2.87. The minimum absolute atomic E-state index is 0.0918. The Morgan fingerprint density at radius 2 is 2.20 bits per heavy atom. The number of nitrogens with one attached hydrogen (secondary N) is 1. The van der Waals surface area contributed by atoms with E-state index >= 15 is 0 Å². The summed E-state index contributed by atoms with van der Waals surface area (Å²) < 4.78 is 1.96. The van der Waals surface area contributed by atoms with Gasteiger partial charge in [-0.05, 0) is 39.2 Å². The Bertz CT molecular complexity index is 520. The highest BCUT2D eigenvalue weighted by Crippen LogP contribution is 2.37. The van der Waals surface area contributed by atoms with Gasteiger partial charge in [0.05, 0.1) is 11.8 Å². The highest BCUT2D eigenvalue weighted by Gasteiger charge is 2.41. The van der Waals surface area contributed by atoms with Crippen molar-refractivity contribution in [3.63, 3.8) is 0 Å². The molecule has 1 saturated carbocycles. The summed E-state index contributed by atoms with van der Waals surface area (Å²) in [6, 6.07) is 4.26. The van der Waals surface area contributed by atoms with Gasteiger partial charge in [0, 0.05) is 18.8 Å². The van der Waals surface area contributed by atoms with Gasteiger partial charge in [0.25, 0.3) is 0 Å². The predicted octanol–water partition coefficient (Wildman–Crippen LogP) is 2.09. The molecule has 2 rings (SSSR count). The molecule has 0 saturated heterocycles. The summed E-state index contributed by atoms with van der Waals surface area (Å²) in [7, 11) is 0. The zero-order valence-electron chi connectivity index (χ0n) is 12.3. The average Bonchev–Trinajstić information content (AvgIpc) is 3.02. The van der Waals surface area contributed by atoms with Gasteiger partial charge < -0.3 is 5.32 Å². The number of nitrogens with zero attached hydrogens (tertiary/aromatic N) is 3. The lowest BCUT2D eigenvalue weighted by atomic mass is 9.87. The van der Waals surface area contributed by atoms with Crippen LogP contribution < -0.4 is 5.32 Å². The fraction of sp³-hybridized carbons (Fsp3) is 0.667. The van der Waals surface area contributed by atoms with Crippen LogP contribution in [0.1, 0.15) is 43.5 Å². The van der Waals surface area contributed by atoms with Crippen molar-refractivity contribution < 1.29 is 4.79 Å². The van der Waals surface area contributed by atoms with Crippen LogP contribution in [0.25, 0.3) is 0 Å². The van der Waals surface area contributed by atoms with E-state index < -0.39 is 5.41 Å². The first kappa shape index (κ1) is 14.6. The molecule has 1 aromatic rings. The van der Waals surface area contributed by atoms with E-state index in [2.05, 4.69) is 16.5 Å². The van der Waals surface area contributed by atoms with Crippen molar-refractivity contribution in [2.24, 2.45) is 5.41 Å². The normalized spacial score (nSPS) is 16.9. The number of carbonyl (C=O) groups is 1. The zero-order valence-corrected chi connectivity index (χ0v) is 12.3. The first-order valence-corrected chi connectivity index (χ1v) is 7.28. The highest BCUT2D eigenvalue weighted by atomic mass is 16.2. The predicted molar refractivity (Wildman–Crippen MR) is 75.8 cm³/mol. The van der Waals surface area contributed by atoms with E-state index in [4.69, 9.17) is 0 Å². The van der Waals surface area contributed by atoms with Crippen LogP contribution in [0, 0.1) is 30.6 Å². The topological polar surface area (TPSA) is 70.7 Å². The summed E-state index contributed by atoms with van der Waals surface area (Å²) in [4.78, 5) is 12.1. The summed E-state index contributed by atoms with van der Waals surface area (Å²) >= 11 is 0. The number of nitriles is 1. The summed E-state index contributed by atoms with van der Waals surface area (Å²) in [6.07, 6.45) is 4.19. The van der Waals surface area contributed by atoms with Crippen molar-refractivity contribution in [1.29, 1.82) is 5.26 Å². The highest BCUT2D eigenvalue weighted by molar-refractivity contribution is 5.85. The molecule has 1 N–H and O–H groups in total. The van der Waals surface area contributed by atoms with Gasteiger partial charge in [-0.1, -0.05) is 12.8 Å². The molecule has 0 unspecified atom stereocenters. The van der Waals surface area contributed by atoms with Crippen molar-refractivity contribution >= 4 is 5.91 Å². The van der Waals surface area contributed by atoms with Crippen molar-refractivity contribution in [1.82, 2.24) is 15.1 Å². The first-order chi connectivity index (χ1) is 9.57. The number of aryl methyl sites for hydroxylation is 3. The molecule has 1 fully saturated rings. The smallest absolute Gasteiger partial charge is 0.240 e. The summed E-state index contributed by atoms with van der Waals surface area (Å²) in [5, 5.41) is 16.5. The van der Waals surface area contributed by atoms with E-state index in [1.165, 1.54) is 0 Å². The number of amides is 1. The molecule has 1 heterocycles. The minimum atomic E-state index is -0.766. The van der Waals surface area contributed by atoms with Gasteiger partial charge in [0.15, 0.2) is 0 Å². The van der Waals surface area contributed by atoms with E-state index in [0.29, 0.717) is 19.4 Å². The molecule has 0 aromatic carbocycles. The lowest BCUT2D eigenvalue weighted by Crippen LogP contribution is -2.38. The maximum absolute atomic E-state index is 12.1. The fourth-order valence-electron chi connectivity index (χ4n) is 2.87. The van der Waals surface area contributed by atoms with Gasteiger partial charge in [0.1, 0.15) is 5.41 Å². The Labute approximate surface area is 120 Å². The molecule has 20 heavy (non-hydrogen) atoms. The first-order valence-electron chi connectivity index (χ1n) is 7.28. The van der Waals surface area contributed by atoms with Crippen LogP contribution in [-0.4, -0.2) is 22.2 Å². The minimum Gasteiger partial charge on any atom is -0.355 e. The molecule has 1 aliphatic carbocycles. The van der Waals surface area contributed by atoms with Crippen LogP contribution in [0.5, 0.6) is 0 Å². The van der Waals surface area contributed by atoms with E-state index in [1.54, 1.807) is 0 Å². The molecule has 0 radical (unpaired) electrons. The monoisotopic (exact) mass is 274 g/mol. The van der Waals surface area contributed by atoms with Gasteiger partial charge >= 0.3 is 0 Å². The van der Waals surface area contributed by atoms with Crippen molar-refractivity contribution in [3.8, 4) is 6.07 Å². The Morgan fingerprint density at radius 1 is 1.50 bits per heavy atom. The number of hydrogen-bond acceptors (Lipinski definition) is 3. The Morgan fingerprint density at radius 3 is 2.75 bits per heavy atom. The third kappa shape index (κ3) is 3.01. The van der Waals surface area contributed by atoms with Gasteiger partial charge in [-0.15, -0.1) is 0 Å². The van der Waals surface area contributed by atoms with Crippen LogP contribution in [0.2, 0.25) is 0 Å². The third-order valence-electron chi connectivity index (χ3n) is 4.04. The average molecular weight is 274 g/mol. The lowest BCUT2D eigenvalue weighted by molar-refractivity contribution is -0.127. The molecule has 0 atom stereocenters. The van der Waals surface area contributed by atoms with Crippen molar-refractivity contribution in [2.45, 2.75) is 52.5 Å². The molecule has 1 amide bonds. The van der Waals surface area contributed by atoms with Crippen LogP contribution in [0.15, 0.2) is 6.07 Å². The van der Waals surface area contributed by atoms with Gasteiger partial charge in [-0.2, -0.15) is 10.4 Å². The molecule has 5 nitrogen and oxygen atoms in total. The van der Waals surface area contributed by atoms with E-state index in [-0.39, 0.29) is 5.91 Å². The second-order valence-electron chi connectivity index (χ2n) is 5.66. The van der Waals surface area contributed by atoms with Crippen LogP contribution in [0.4, 0.5) is 0 Å². The lowest BCUT2D eigenvalue weighted by Gasteiger charge is -2.19. The number of hydrogen-bond donors (Lipinski definition) is 1. The van der Waals surface area contributed by atoms with Crippen LogP contribution in [-0.2, 0) is 11.3 Å². The summed E-state index contributed by atoms with van der Waals surface area (Å²) in [6.45, 7) is 5.39. The maximum Gasteiger partial charge on any atom is 0.240 e. The van der Waals surface area contributed by atoms with Crippen LogP contribution in [0.3, 0.4) is 0 Å². The molecular weight excluding hydrogens is 252 g/mol. The van der Waals surface area contributed by atoms with Gasteiger partial charge in [-0.25, -0.2) is 0 Å². The molecule has 0 bridgehead atoms. The van der Waals surface area contributed by atoms with E-state index in [0.717, 1.165) is 37.2 Å². The summed E-state index contributed by atoms with van der Waals surface area (Å²) in [5.74, 6) is -0.0918. The SMILES string of the molecule is Cc1cc(C)n(CCCNC(=O)C2(C#N)CCCC2)n1. The molecule has 0 spiro atoms. The largest absolute Gasteiger partial charge is 0.355 e. The molecular formula is C15H22N4O. The molecule has 0 aliphatic heterocycles. The van der Waals surface area contributed by atoms with Crippen molar-refractivity contribution in [3.05, 3.63) is 17.5 Å². The van der Waals surface area contributed by atoms with E-state index in [1.807, 2.05) is 24.6 Å². The molecule has 1 aliphatic rings. The standard InChI is InChI=1S/C15H22N4O/c1-12-10-13(2)19(18-12)9-5-8-17-14(20)15(11-16)6-3-4-7-15/h10H,3-9H2,1-2H3,(H,17,20). The second kappa shape index (κ2) is 6.08. The molecule has 108 valence electrons. The van der Waals surface area contributed by atoms with E-state index in [9.17, 15) is 10.1 Å². The Hall–Kier alpha value is -1.83. The molecule has 1 aromatic heterocycles. The second-order valence-corrected chi connectivity index (χ2v) is 5.66. The van der Waals surface area contributed by atoms with Crippen molar-refractivity contribution in [2.75, 3.05) is 6.54 Å². The van der Waals surface area contributed by atoms with Crippen LogP contribution >= 0.6 is 0 Å². The van der Waals surface area contributed by atoms with Gasteiger partial charge in [0.2, 0.25) is 5.91 Å². The number of rotatable bonds is 5. The quantitative estimate of drug-likeness (QED) is 0.836. The Kier molecular flexibility index (Phi) is 4.43. The Balaban J connectivity index is 1.77. The third-order valence-corrected chi connectivity index (χ3v) is 4.04. The van der Waals surface area contributed by atoms with Gasteiger partial charge in [-0.3, -0.25) is 9.48 Å². The maximum atomic E-state index is 12.1. The summed E-state index contributed by atoms with van der Waals surface area (Å²) in [5.41, 5.74) is 1.39. The number of carbonyl (C=O) groups excluding carboxylic acids is 1. The number of aromatic nitrogens is 2. The molecule has 5 heteroatoms.